The van der Waals surface area contributed by atoms with E-state index >= 15 is 0 Å². The number of fused-ring (bicyclic) bond motifs is 1. The maximum atomic E-state index is 12.6. The van der Waals surface area contributed by atoms with Crippen molar-refractivity contribution >= 4 is 11.8 Å². The molecule has 2 amide bonds. The average molecular weight is 294 g/mol. The number of hydrogen-bond donors (Lipinski definition) is 0. The molecule has 5 heteroatoms. The molecule has 1 saturated carbocycles. The van der Waals surface area contributed by atoms with E-state index in [0.717, 1.165) is 38.6 Å². The van der Waals surface area contributed by atoms with Crippen LogP contribution in [0.4, 0.5) is 0 Å². The highest BCUT2D eigenvalue weighted by atomic mass is 16.5. The average Bonchev–Trinajstić information content (AvgIpc) is 3.02. The molecule has 21 heavy (non-hydrogen) atoms. The minimum absolute atomic E-state index is 0.111. The zero-order valence-electron chi connectivity index (χ0n) is 12.9. The molecule has 2 unspecified atom stereocenters. The Morgan fingerprint density at radius 2 is 1.76 bits per heavy atom. The molecule has 0 radical (unpaired) electrons. The second kappa shape index (κ2) is 6.34. The lowest BCUT2D eigenvalue weighted by Crippen LogP contribution is -2.65. The molecular formula is C16H26N2O3. The lowest BCUT2D eigenvalue weighted by molar-refractivity contribution is -0.163. The third kappa shape index (κ3) is 2.93. The molecule has 5 nitrogen and oxygen atoms in total. The van der Waals surface area contributed by atoms with Gasteiger partial charge in [0, 0.05) is 13.1 Å². The van der Waals surface area contributed by atoms with Crippen molar-refractivity contribution in [3.05, 3.63) is 0 Å². The summed E-state index contributed by atoms with van der Waals surface area (Å²) < 4.78 is 5.85. The van der Waals surface area contributed by atoms with Crippen molar-refractivity contribution in [2.75, 3.05) is 19.7 Å². The predicted octanol–water partition coefficient (Wildman–Crippen LogP) is 1.56. The van der Waals surface area contributed by atoms with E-state index in [-0.39, 0.29) is 23.9 Å². The summed E-state index contributed by atoms with van der Waals surface area (Å²) in [6.07, 6.45) is 8.02. The smallest absolute Gasteiger partial charge is 0.246 e. The first-order valence-corrected chi connectivity index (χ1v) is 8.41. The lowest BCUT2D eigenvalue weighted by Gasteiger charge is -2.46. The van der Waals surface area contributed by atoms with E-state index in [4.69, 9.17) is 4.74 Å². The molecule has 3 aliphatic rings. The number of rotatable bonds is 4. The molecular weight excluding hydrogens is 268 g/mol. The molecule has 1 aliphatic carbocycles. The summed E-state index contributed by atoms with van der Waals surface area (Å²) in [6.45, 7) is 3.69. The zero-order chi connectivity index (χ0) is 14.8. The summed E-state index contributed by atoms with van der Waals surface area (Å²) in [7, 11) is 0. The van der Waals surface area contributed by atoms with Gasteiger partial charge in [-0.05, 0) is 39.0 Å². The van der Waals surface area contributed by atoms with Gasteiger partial charge in [0.2, 0.25) is 11.8 Å². The molecule has 3 fully saturated rings. The van der Waals surface area contributed by atoms with Gasteiger partial charge < -0.3 is 14.5 Å². The standard InChI is InChI=1S/C16H26N2O3/c1-12-15(19)18-9-5-4-8-14(18)16(20)17(12)10-11-21-13-6-2-3-7-13/h12-14H,2-11H2,1H3. The second-order valence-corrected chi connectivity index (χ2v) is 6.53. The molecule has 0 aromatic heterocycles. The number of piperazine rings is 1. The first kappa shape index (κ1) is 14.8. The number of carbonyl (C=O) groups excluding carboxylic acids is 2. The van der Waals surface area contributed by atoms with Gasteiger partial charge >= 0.3 is 0 Å². The Morgan fingerprint density at radius 3 is 2.52 bits per heavy atom. The molecule has 2 atom stereocenters. The van der Waals surface area contributed by atoms with Crippen LogP contribution in [-0.4, -0.2) is 59.5 Å². The predicted molar refractivity (Wildman–Crippen MR) is 78.7 cm³/mol. The Bertz CT molecular complexity index is 406. The number of carbonyl (C=O) groups is 2. The fourth-order valence-electron chi connectivity index (χ4n) is 3.88. The third-order valence-corrected chi connectivity index (χ3v) is 5.17. The number of hydrogen-bond acceptors (Lipinski definition) is 3. The van der Waals surface area contributed by atoms with Crippen LogP contribution in [0.15, 0.2) is 0 Å². The van der Waals surface area contributed by atoms with Crippen LogP contribution in [0.25, 0.3) is 0 Å². The van der Waals surface area contributed by atoms with E-state index in [9.17, 15) is 9.59 Å². The van der Waals surface area contributed by atoms with E-state index in [2.05, 4.69) is 0 Å². The SMILES string of the molecule is CC1C(=O)N2CCCCC2C(=O)N1CCOC1CCCC1. The summed E-state index contributed by atoms with van der Waals surface area (Å²) in [4.78, 5) is 28.6. The van der Waals surface area contributed by atoms with E-state index < -0.39 is 0 Å². The molecule has 0 spiro atoms. The van der Waals surface area contributed by atoms with Gasteiger partial charge in [0.05, 0.1) is 12.7 Å². The summed E-state index contributed by atoms with van der Waals surface area (Å²) in [5.41, 5.74) is 0. The Labute approximate surface area is 126 Å². The molecule has 3 rings (SSSR count). The first-order valence-electron chi connectivity index (χ1n) is 8.41. The van der Waals surface area contributed by atoms with Gasteiger partial charge in [0.15, 0.2) is 0 Å². The summed E-state index contributed by atoms with van der Waals surface area (Å²) in [5, 5.41) is 0. The molecule has 0 aromatic carbocycles. The van der Waals surface area contributed by atoms with Crippen molar-refractivity contribution in [1.29, 1.82) is 0 Å². The quantitative estimate of drug-likeness (QED) is 0.790. The highest BCUT2D eigenvalue weighted by Gasteiger charge is 2.44. The van der Waals surface area contributed by atoms with Gasteiger partial charge in [-0.15, -0.1) is 0 Å². The van der Waals surface area contributed by atoms with Crippen LogP contribution in [0.1, 0.15) is 51.9 Å². The summed E-state index contributed by atoms with van der Waals surface area (Å²) >= 11 is 0. The molecule has 0 bridgehead atoms. The van der Waals surface area contributed by atoms with Gasteiger partial charge in [0.25, 0.3) is 0 Å². The van der Waals surface area contributed by atoms with Crippen molar-refractivity contribution < 1.29 is 14.3 Å². The van der Waals surface area contributed by atoms with Gasteiger partial charge in [0.1, 0.15) is 12.1 Å². The van der Waals surface area contributed by atoms with Crippen molar-refractivity contribution in [2.24, 2.45) is 0 Å². The van der Waals surface area contributed by atoms with Gasteiger partial charge in [-0.2, -0.15) is 0 Å². The number of ether oxygens (including phenoxy) is 1. The Kier molecular flexibility index (Phi) is 4.48. The number of nitrogens with zero attached hydrogens (tertiary/aromatic N) is 2. The molecule has 0 aromatic rings. The van der Waals surface area contributed by atoms with Crippen LogP contribution >= 0.6 is 0 Å². The fourth-order valence-corrected chi connectivity index (χ4v) is 3.88. The van der Waals surface area contributed by atoms with Gasteiger partial charge in [-0.25, -0.2) is 0 Å². The molecule has 2 heterocycles. The highest BCUT2D eigenvalue weighted by molar-refractivity contribution is 5.96. The minimum Gasteiger partial charge on any atom is -0.376 e. The molecule has 2 saturated heterocycles. The van der Waals surface area contributed by atoms with E-state index in [1.807, 2.05) is 6.92 Å². The summed E-state index contributed by atoms with van der Waals surface area (Å²) in [5.74, 6) is 0.233. The fraction of sp³-hybridized carbons (Fsp3) is 0.875. The van der Waals surface area contributed by atoms with Gasteiger partial charge in [-0.3, -0.25) is 9.59 Å². The van der Waals surface area contributed by atoms with Crippen molar-refractivity contribution in [3.63, 3.8) is 0 Å². The summed E-state index contributed by atoms with van der Waals surface area (Å²) in [6, 6.07) is -0.548. The Balaban J connectivity index is 1.58. The first-order chi connectivity index (χ1) is 10.2. The van der Waals surface area contributed by atoms with Crippen LogP contribution in [0.2, 0.25) is 0 Å². The van der Waals surface area contributed by atoms with E-state index in [1.165, 1.54) is 12.8 Å². The van der Waals surface area contributed by atoms with E-state index in [1.54, 1.807) is 9.80 Å². The Hall–Kier alpha value is -1.10. The maximum Gasteiger partial charge on any atom is 0.246 e. The van der Waals surface area contributed by atoms with Crippen molar-refractivity contribution in [1.82, 2.24) is 9.80 Å². The topological polar surface area (TPSA) is 49.9 Å². The molecule has 0 N–H and O–H groups in total. The van der Waals surface area contributed by atoms with Gasteiger partial charge in [-0.1, -0.05) is 12.8 Å². The molecule has 2 aliphatic heterocycles. The van der Waals surface area contributed by atoms with Crippen LogP contribution in [0, 0.1) is 0 Å². The van der Waals surface area contributed by atoms with Crippen LogP contribution in [0.5, 0.6) is 0 Å². The van der Waals surface area contributed by atoms with Crippen molar-refractivity contribution in [2.45, 2.75) is 70.1 Å². The lowest BCUT2D eigenvalue weighted by atomic mass is 9.96. The number of piperidine rings is 1. The van der Waals surface area contributed by atoms with Crippen LogP contribution in [0.3, 0.4) is 0 Å². The third-order valence-electron chi connectivity index (χ3n) is 5.17. The molecule has 118 valence electrons. The Morgan fingerprint density at radius 1 is 1.05 bits per heavy atom. The number of amides is 2. The van der Waals surface area contributed by atoms with Crippen LogP contribution < -0.4 is 0 Å². The zero-order valence-corrected chi connectivity index (χ0v) is 12.9. The van der Waals surface area contributed by atoms with Crippen molar-refractivity contribution in [3.8, 4) is 0 Å². The van der Waals surface area contributed by atoms with E-state index in [0.29, 0.717) is 19.3 Å². The maximum absolute atomic E-state index is 12.6. The second-order valence-electron chi connectivity index (χ2n) is 6.53. The minimum atomic E-state index is -0.334. The van der Waals surface area contributed by atoms with Crippen LogP contribution in [-0.2, 0) is 14.3 Å². The monoisotopic (exact) mass is 294 g/mol. The highest BCUT2D eigenvalue weighted by Crippen LogP contribution is 2.26. The normalized spacial score (nSPS) is 30.9. The largest absolute Gasteiger partial charge is 0.376 e.